The second-order valence-corrected chi connectivity index (χ2v) is 5.38. The Morgan fingerprint density at radius 2 is 1.78 bits per heavy atom. The summed E-state index contributed by atoms with van der Waals surface area (Å²) < 4.78 is 10.4. The molecule has 104 valence electrons. The van der Waals surface area contributed by atoms with E-state index >= 15 is 0 Å². The number of hydrogen-bond acceptors (Lipinski definition) is 4. The van der Waals surface area contributed by atoms with E-state index in [-0.39, 0.29) is 6.29 Å². The van der Waals surface area contributed by atoms with Crippen molar-refractivity contribution in [3.8, 4) is 6.07 Å². The van der Waals surface area contributed by atoms with E-state index in [9.17, 15) is 5.26 Å². The van der Waals surface area contributed by atoms with E-state index in [0.717, 1.165) is 0 Å². The quantitative estimate of drug-likeness (QED) is 0.584. The maximum atomic E-state index is 9.40. The van der Waals surface area contributed by atoms with Gasteiger partial charge in [0.05, 0.1) is 6.07 Å². The number of rotatable bonds is 6. The first-order chi connectivity index (χ1) is 8.63. The van der Waals surface area contributed by atoms with E-state index < -0.39 is 5.54 Å². The van der Waals surface area contributed by atoms with E-state index in [4.69, 9.17) is 9.47 Å². The van der Waals surface area contributed by atoms with Crippen LogP contribution < -0.4 is 5.32 Å². The van der Waals surface area contributed by atoms with Crippen LogP contribution in [-0.4, -0.2) is 32.1 Å². The topological polar surface area (TPSA) is 54.3 Å². The smallest absolute Gasteiger partial charge is 0.159 e. The first-order valence-corrected chi connectivity index (χ1v) is 6.88. The van der Waals surface area contributed by atoms with Crippen molar-refractivity contribution in [1.29, 1.82) is 5.26 Å². The summed E-state index contributed by atoms with van der Waals surface area (Å²) >= 11 is 0. The molecule has 1 aliphatic rings. The van der Waals surface area contributed by atoms with Gasteiger partial charge in [-0.1, -0.05) is 25.7 Å². The summed E-state index contributed by atoms with van der Waals surface area (Å²) in [5.74, 6) is 0. The molecule has 4 nitrogen and oxygen atoms in total. The summed E-state index contributed by atoms with van der Waals surface area (Å²) in [6.07, 6.45) is 7.72. The predicted octanol–water partition coefficient (Wildman–Crippen LogP) is 2.59. The van der Waals surface area contributed by atoms with Crippen LogP contribution in [0, 0.1) is 11.3 Å². The fraction of sp³-hybridized carbons (Fsp3) is 0.929. The van der Waals surface area contributed by atoms with Gasteiger partial charge in [0.1, 0.15) is 5.54 Å². The zero-order chi connectivity index (χ0) is 13.4. The van der Waals surface area contributed by atoms with Crippen LogP contribution in [0.3, 0.4) is 0 Å². The Hall–Kier alpha value is -0.630. The molecule has 1 rings (SSSR count). The van der Waals surface area contributed by atoms with Crippen molar-refractivity contribution in [3.63, 3.8) is 0 Å². The molecule has 4 heteroatoms. The molecule has 1 fully saturated rings. The van der Waals surface area contributed by atoms with Crippen molar-refractivity contribution in [2.45, 2.75) is 69.7 Å². The Morgan fingerprint density at radius 3 is 2.22 bits per heavy atom. The highest BCUT2D eigenvalue weighted by atomic mass is 16.7. The third kappa shape index (κ3) is 4.93. The summed E-state index contributed by atoms with van der Waals surface area (Å²) in [6, 6.07) is 2.82. The Kier molecular flexibility index (Phi) is 6.62. The average Bonchev–Trinajstić information content (AvgIpc) is 2.64. The highest BCUT2D eigenvalue weighted by Gasteiger charge is 2.31. The monoisotopic (exact) mass is 254 g/mol. The predicted molar refractivity (Wildman–Crippen MR) is 71.1 cm³/mol. The fourth-order valence-corrected chi connectivity index (χ4v) is 2.61. The minimum absolute atomic E-state index is 0.326. The Labute approximate surface area is 111 Å². The molecule has 0 radical (unpaired) electrons. The van der Waals surface area contributed by atoms with Crippen molar-refractivity contribution in [3.05, 3.63) is 0 Å². The number of ether oxygens (including phenoxy) is 2. The lowest BCUT2D eigenvalue weighted by molar-refractivity contribution is -0.114. The lowest BCUT2D eigenvalue weighted by atomic mass is 9.96. The Balaban J connectivity index is 2.55. The first kappa shape index (κ1) is 15.4. The zero-order valence-corrected chi connectivity index (χ0v) is 11.9. The fourth-order valence-electron chi connectivity index (χ4n) is 2.61. The van der Waals surface area contributed by atoms with Gasteiger partial charge in [-0.15, -0.1) is 0 Å². The molecular formula is C14H26N2O2. The normalized spacial score (nSPS) is 21.3. The molecule has 18 heavy (non-hydrogen) atoms. The van der Waals surface area contributed by atoms with Gasteiger partial charge in [0.2, 0.25) is 0 Å². The maximum Gasteiger partial charge on any atom is 0.159 e. The standard InChI is InChI=1S/C14H26N2O2/c1-14(11-15,10-13(17-2)18-3)16-12-8-6-4-5-7-9-12/h12-13,16H,4-10H2,1-3H3. The SMILES string of the molecule is COC(CC(C)(C#N)NC1CCCCCC1)OC. The maximum absolute atomic E-state index is 9.40. The third-order valence-corrected chi connectivity index (χ3v) is 3.73. The molecule has 0 bridgehead atoms. The second-order valence-electron chi connectivity index (χ2n) is 5.38. The van der Waals surface area contributed by atoms with E-state index in [1.54, 1.807) is 14.2 Å². The molecule has 0 aromatic carbocycles. The van der Waals surface area contributed by atoms with E-state index in [0.29, 0.717) is 12.5 Å². The summed E-state index contributed by atoms with van der Waals surface area (Å²) in [6.45, 7) is 1.93. The van der Waals surface area contributed by atoms with Gasteiger partial charge < -0.3 is 9.47 Å². The van der Waals surface area contributed by atoms with Gasteiger partial charge in [0, 0.05) is 26.7 Å². The van der Waals surface area contributed by atoms with Crippen LogP contribution in [-0.2, 0) is 9.47 Å². The Morgan fingerprint density at radius 1 is 1.22 bits per heavy atom. The minimum Gasteiger partial charge on any atom is -0.356 e. The van der Waals surface area contributed by atoms with Gasteiger partial charge in [-0.05, 0) is 19.8 Å². The lowest BCUT2D eigenvalue weighted by Crippen LogP contribution is -2.49. The van der Waals surface area contributed by atoms with Crippen LogP contribution in [0.5, 0.6) is 0 Å². The highest BCUT2D eigenvalue weighted by molar-refractivity contribution is 5.05. The number of hydrogen-bond donors (Lipinski definition) is 1. The summed E-state index contributed by atoms with van der Waals surface area (Å²) in [5, 5.41) is 12.9. The molecule has 0 aromatic heterocycles. The average molecular weight is 254 g/mol. The van der Waals surface area contributed by atoms with Crippen LogP contribution in [0.4, 0.5) is 0 Å². The summed E-state index contributed by atoms with van der Waals surface area (Å²) in [7, 11) is 3.22. The molecular weight excluding hydrogens is 228 g/mol. The highest BCUT2D eigenvalue weighted by Crippen LogP contribution is 2.22. The van der Waals surface area contributed by atoms with Crippen LogP contribution in [0.1, 0.15) is 51.9 Å². The van der Waals surface area contributed by atoms with Crippen molar-refractivity contribution >= 4 is 0 Å². The largest absolute Gasteiger partial charge is 0.356 e. The summed E-state index contributed by atoms with van der Waals surface area (Å²) in [4.78, 5) is 0. The molecule has 0 amide bonds. The third-order valence-electron chi connectivity index (χ3n) is 3.73. The van der Waals surface area contributed by atoms with Crippen LogP contribution in [0.2, 0.25) is 0 Å². The van der Waals surface area contributed by atoms with Crippen molar-refractivity contribution < 1.29 is 9.47 Å². The molecule has 1 saturated carbocycles. The lowest BCUT2D eigenvalue weighted by Gasteiger charge is -2.31. The van der Waals surface area contributed by atoms with Crippen molar-refractivity contribution in [2.24, 2.45) is 0 Å². The summed E-state index contributed by atoms with van der Waals surface area (Å²) in [5.41, 5.74) is -0.578. The number of methoxy groups -OCH3 is 2. The molecule has 1 atom stereocenters. The minimum atomic E-state index is -0.578. The molecule has 1 N–H and O–H groups in total. The molecule has 0 aromatic rings. The van der Waals surface area contributed by atoms with E-state index in [1.807, 2.05) is 6.92 Å². The van der Waals surface area contributed by atoms with Gasteiger partial charge in [-0.2, -0.15) is 5.26 Å². The van der Waals surface area contributed by atoms with Crippen molar-refractivity contribution in [1.82, 2.24) is 5.32 Å². The van der Waals surface area contributed by atoms with Gasteiger partial charge in [-0.25, -0.2) is 0 Å². The van der Waals surface area contributed by atoms with Crippen LogP contribution >= 0.6 is 0 Å². The van der Waals surface area contributed by atoms with E-state index in [1.165, 1.54) is 38.5 Å². The molecule has 1 unspecified atom stereocenters. The second kappa shape index (κ2) is 7.73. The number of nitriles is 1. The van der Waals surface area contributed by atoms with Crippen molar-refractivity contribution in [2.75, 3.05) is 14.2 Å². The zero-order valence-electron chi connectivity index (χ0n) is 11.9. The molecule has 0 aliphatic heterocycles. The van der Waals surface area contributed by atoms with Gasteiger partial charge in [0.15, 0.2) is 6.29 Å². The van der Waals surface area contributed by atoms with Gasteiger partial charge in [-0.3, -0.25) is 5.32 Å². The van der Waals surface area contributed by atoms with Gasteiger partial charge >= 0.3 is 0 Å². The first-order valence-electron chi connectivity index (χ1n) is 6.88. The Bertz CT molecular complexity index is 265. The van der Waals surface area contributed by atoms with Crippen LogP contribution in [0.25, 0.3) is 0 Å². The number of nitrogens with one attached hydrogen (secondary N) is 1. The molecule has 0 saturated heterocycles. The van der Waals surface area contributed by atoms with Gasteiger partial charge in [0.25, 0.3) is 0 Å². The van der Waals surface area contributed by atoms with E-state index in [2.05, 4.69) is 11.4 Å². The molecule has 0 spiro atoms. The molecule has 1 aliphatic carbocycles. The number of nitrogens with zero attached hydrogens (tertiary/aromatic N) is 1. The molecule has 0 heterocycles. The van der Waals surface area contributed by atoms with Crippen LogP contribution in [0.15, 0.2) is 0 Å².